The molecule has 3 nitrogen and oxygen atoms in total. The van der Waals surface area contributed by atoms with Crippen LogP contribution in [0.2, 0.25) is 0 Å². The van der Waals surface area contributed by atoms with Gasteiger partial charge < -0.3 is 22.0 Å². The Kier molecular flexibility index (Phi) is 7.35. The third-order valence-electron chi connectivity index (χ3n) is 3.38. The third-order valence-corrected chi connectivity index (χ3v) is 3.38. The smallest absolute Gasteiger partial charge is 0.416 e. The van der Waals surface area contributed by atoms with Gasteiger partial charge in [-0.1, -0.05) is 6.07 Å². The summed E-state index contributed by atoms with van der Waals surface area (Å²) in [5.41, 5.74) is 0.421. The van der Waals surface area contributed by atoms with Crippen molar-refractivity contribution < 1.29 is 34.9 Å². The fraction of sp³-hybridized carbons (Fsp3) is 0.353. The van der Waals surface area contributed by atoms with E-state index in [2.05, 4.69) is 0 Å². The summed E-state index contributed by atoms with van der Waals surface area (Å²) in [6.45, 7) is 1.11. The highest BCUT2D eigenvalue weighted by Crippen LogP contribution is 2.31. The average molecular weight is 361 g/mol. The molecular formula is C17H20ClF3N2O. The van der Waals surface area contributed by atoms with E-state index in [-0.39, 0.29) is 18.2 Å². The molecule has 2 aromatic rings. The van der Waals surface area contributed by atoms with Crippen LogP contribution >= 0.6 is 0 Å². The summed E-state index contributed by atoms with van der Waals surface area (Å²) in [6.07, 6.45) is 0.310. The Morgan fingerprint density at radius 3 is 2.33 bits per heavy atom. The lowest BCUT2D eigenvalue weighted by atomic mass is 10.2. The molecule has 0 saturated carbocycles. The zero-order valence-corrected chi connectivity index (χ0v) is 14.3. The maximum atomic E-state index is 12.6. The van der Waals surface area contributed by atoms with Gasteiger partial charge in [0.1, 0.15) is 5.75 Å². The van der Waals surface area contributed by atoms with Crippen LogP contribution in [0.5, 0.6) is 5.75 Å². The fourth-order valence-electron chi connectivity index (χ4n) is 2.10. The lowest BCUT2D eigenvalue weighted by Gasteiger charge is -2.11. The van der Waals surface area contributed by atoms with Crippen LogP contribution in [0.4, 0.5) is 18.9 Å². The number of halogens is 4. The van der Waals surface area contributed by atoms with E-state index in [1.54, 1.807) is 0 Å². The van der Waals surface area contributed by atoms with E-state index in [9.17, 15) is 13.2 Å². The Hall–Kier alpha value is -1.95. The fourth-order valence-corrected chi connectivity index (χ4v) is 2.10. The molecule has 7 heteroatoms. The van der Waals surface area contributed by atoms with E-state index in [1.165, 1.54) is 12.1 Å². The summed E-state index contributed by atoms with van der Waals surface area (Å²) < 4.78 is 45.2. The molecule has 0 atom stereocenters. The maximum absolute atomic E-state index is 12.6. The van der Waals surface area contributed by atoms with E-state index in [1.807, 2.05) is 48.1 Å². The number of pyridine rings is 1. The number of benzene rings is 1. The molecule has 0 radical (unpaired) electrons. The van der Waals surface area contributed by atoms with Crippen LogP contribution in [0.3, 0.4) is 0 Å². The van der Waals surface area contributed by atoms with Gasteiger partial charge in [-0.15, -0.1) is 0 Å². The van der Waals surface area contributed by atoms with Crippen molar-refractivity contribution in [3.05, 3.63) is 54.4 Å². The zero-order chi connectivity index (χ0) is 16.9. The molecule has 0 fully saturated rings. The molecular weight excluding hydrogens is 341 g/mol. The van der Waals surface area contributed by atoms with Gasteiger partial charge in [-0.2, -0.15) is 13.2 Å². The van der Waals surface area contributed by atoms with Crippen molar-refractivity contribution in [3.8, 4) is 5.75 Å². The van der Waals surface area contributed by atoms with Gasteiger partial charge in [0.15, 0.2) is 18.9 Å². The molecule has 0 amide bonds. The lowest BCUT2D eigenvalue weighted by molar-refractivity contribution is -0.697. The minimum absolute atomic E-state index is 0. The lowest BCUT2D eigenvalue weighted by Crippen LogP contribution is -3.00. The van der Waals surface area contributed by atoms with Crippen molar-refractivity contribution in [2.75, 3.05) is 25.6 Å². The predicted octanol–water partition coefficient (Wildman–Crippen LogP) is 0.532. The second-order valence-corrected chi connectivity index (χ2v) is 5.42. The highest BCUT2D eigenvalue weighted by molar-refractivity contribution is 5.41. The Balaban J connectivity index is 0.00000288. The van der Waals surface area contributed by atoms with Crippen LogP contribution in [-0.2, 0) is 12.7 Å². The molecule has 0 aliphatic rings. The number of hydrogen-bond donors (Lipinski definition) is 0. The third kappa shape index (κ3) is 5.92. The number of nitrogens with zero attached hydrogens (tertiary/aromatic N) is 2. The molecule has 1 aromatic heterocycles. The van der Waals surface area contributed by atoms with Crippen molar-refractivity contribution in [3.63, 3.8) is 0 Å². The molecule has 1 aromatic carbocycles. The summed E-state index contributed by atoms with van der Waals surface area (Å²) in [7, 11) is 3.95. The number of aromatic nitrogens is 1. The van der Waals surface area contributed by atoms with Gasteiger partial charge in [0, 0.05) is 38.3 Å². The van der Waals surface area contributed by atoms with E-state index in [4.69, 9.17) is 4.74 Å². The minimum Gasteiger partial charge on any atom is -1.00 e. The summed E-state index contributed by atoms with van der Waals surface area (Å²) in [4.78, 5) is 2.01. The van der Waals surface area contributed by atoms with Gasteiger partial charge in [0.25, 0.3) is 0 Å². The Morgan fingerprint density at radius 1 is 1.08 bits per heavy atom. The molecule has 0 aliphatic heterocycles. The van der Waals surface area contributed by atoms with Crippen molar-refractivity contribution in [1.29, 1.82) is 0 Å². The normalized spacial score (nSPS) is 10.9. The zero-order valence-electron chi connectivity index (χ0n) is 13.6. The first-order valence-electron chi connectivity index (χ1n) is 7.33. The molecule has 0 spiro atoms. The number of aryl methyl sites for hydroxylation is 1. The summed E-state index contributed by atoms with van der Waals surface area (Å²) in [6, 6.07) is 8.97. The number of hydrogen-bond acceptors (Lipinski definition) is 2. The number of ether oxygens (including phenoxy) is 1. The number of alkyl halides is 3. The Morgan fingerprint density at radius 2 is 1.75 bits per heavy atom. The van der Waals surface area contributed by atoms with Crippen LogP contribution in [0.15, 0.2) is 48.8 Å². The van der Waals surface area contributed by atoms with Gasteiger partial charge in [-0.05, 0) is 18.2 Å². The van der Waals surface area contributed by atoms with Crippen molar-refractivity contribution in [2.24, 2.45) is 0 Å². The van der Waals surface area contributed by atoms with Crippen LogP contribution in [-0.4, -0.2) is 20.7 Å². The second-order valence-electron chi connectivity index (χ2n) is 5.42. The van der Waals surface area contributed by atoms with Gasteiger partial charge in [-0.25, -0.2) is 4.57 Å². The molecule has 24 heavy (non-hydrogen) atoms. The summed E-state index contributed by atoms with van der Waals surface area (Å²) in [5.74, 6) is 0.243. The molecule has 1 heterocycles. The van der Waals surface area contributed by atoms with Crippen molar-refractivity contribution in [2.45, 2.75) is 19.1 Å². The van der Waals surface area contributed by atoms with Crippen LogP contribution in [0, 0.1) is 0 Å². The molecule has 0 unspecified atom stereocenters. The number of rotatable bonds is 6. The topological polar surface area (TPSA) is 16.4 Å². The SMILES string of the molecule is CN(C)c1cc[n+](CCCOc2cccc(C(F)(F)F)c2)cc1.[Cl-]. The predicted molar refractivity (Wildman–Crippen MR) is 82.5 cm³/mol. The number of anilines is 1. The largest absolute Gasteiger partial charge is 1.00 e. The first kappa shape index (κ1) is 20.1. The van der Waals surface area contributed by atoms with E-state index in [0.29, 0.717) is 13.0 Å². The molecule has 132 valence electrons. The van der Waals surface area contributed by atoms with Gasteiger partial charge >= 0.3 is 6.18 Å². The average Bonchev–Trinajstić information content (AvgIpc) is 2.51. The van der Waals surface area contributed by atoms with E-state index >= 15 is 0 Å². The molecule has 0 bridgehead atoms. The monoisotopic (exact) mass is 360 g/mol. The maximum Gasteiger partial charge on any atom is 0.416 e. The quantitative estimate of drug-likeness (QED) is 0.552. The van der Waals surface area contributed by atoms with Gasteiger partial charge in [0.05, 0.1) is 12.2 Å². The summed E-state index contributed by atoms with van der Waals surface area (Å²) >= 11 is 0. The first-order chi connectivity index (χ1) is 10.9. The molecule has 0 saturated heterocycles. The van der Waals surface area contributed by atoms with Gasteiger partial charge in [0.2, 0.25) is 0 Å². The molecule has 2 rings (SSSR count). The standard InChI is InChI=1S/C17H20F3N2O.ClH/c1-21(2)15-7-10-22(11-8-15)9-4-12-23-16-6-3-5-14(13-16)17(18,19)20;/h3,5-8,10-11,13H,4,9,12H2,1-2H3;1H/q+1;/p-1. The van der Waals surface area contributed by atoms with Crippen LogP contribution in [0.1, 0.15) is 12.0 Å². The van der Waals surface area contributed by atoms with E-state index < -0.39 is 11.7 Å². The highest BCUT2D eigenvalue weighted by atomic mass is 35.5. The molecule has 0 N–H and O–H groups in total. The van der Waals surface area contributed by atoms with Crippen molar-refractivity contribution in [1.82, 2.24) is 0 Å². The van der Waals surface area contributed by atoms with Crippen LogP contribution in [0.25, 0.3) is 0 Å². The van der Waals surface area contributed by atoms with Gasteiger partial charge in [-0.3, -0.25) is 0 Å². The Labute approximate surface area is 146 Å². The van der Waals surface area contributed by atoms with Crippen LogP contribution < -0.4 is 26.6 Å². The minimum atomic E-state index is -4.34. The van der Waals surface area contributed by atoms with E-state index in [0.717, 1.165) is 24.4 Å². The highest BCUT2D eigenvalue weighted by Gasteiger charge is 2.30. The second kappa shape index (κ2) is 8.78. The first-order valence-corrected chi connectivity index (χ1v) is 7.33. The Bertz CT molecular complexity index is 630. The summed E-state index contributed by atoms with van der Waals surface area (Å²) in [5, 5.41) is 0. The molecule has 0 aliphatic carbocycles. The van der Waals surface area contributed by atoms with Crippen molar-refractivity contribution >= 4 is 5.69 Å².